The van der Waals surface area contributed by atoms with Crippen LogP contribution in [-0.2, 0) is 22.8 Å². The van der Waals surface area contributed by atoms with Gasteiger partial charge in [-0.1, -0.05) is 24.3 Å². The molecule has 1 fully saturated rings. The van der Waals surface area contributed by atoms with Crippen molar-refractivity contribution < 1.29 is 27.8 Å². The predicted molar refractivity (Wildman–Crippen MR) is 103 cm³/mol. The Hall–Kier alpha value is -2.54. The van der Waals surface area contributed by atoms with Crippen LogP contribution in [0.15, 0.2) is 48.5 Å². The van der Waals surface area contributed by atoms with Crippen LogP contribution in [0.1, 0.15) is 29.5 Å². The van der Waals surface area contributed by atoms with E-state index in [2.05, 4.69) is 5.32 Å². The van der Waals surface area contributed by atoms with Crippen LogP contribution in [0.3, 0.4) is 0 Å². The van der Waals surface area contributed by atoms with Gasteiger partial charge in [0.25, 0.3) is 0 Å². The van der Waals surface area contributed by atoms with Gasteiger partial charge in [-0.3, -0.25) is 4.79 Å². The highest BCUT2D eigenvalue weighted by Crippen LogP contribution is 2.39. The van der Waals surface area contributed by atoms with E-state index in [1.54, 1.807) is 7.11 Å². The summed E-state index contributed by atoms with van der Waals surface area (Å²) in [7, 11) is 1.58. The van der Waals surface area contributed by atoms with Crippen molar-refractivity contribution in [3.8, 4) is 5.75 Å². The average Bonchev–Trinajstić information content (AvgIpc) is 2.68. The maximum Gasteiger partial charge on any atom is 0.416 e. The number of hydrogen-bond donors (Lipinski definition) is 2. The third kappa shape index (κ3) is 5.09. The molecule has 29 heavy (non-hydrogen) atoms. The molecule has 3 rings (SSSR count). The van der Waals surface area contributed by atoms with E-state index in [0.717, 1.165) is 29.0 Å². The van der Waals surface area contributed by atoms with Crippen LogP contribution in [0.4, 0.5) is 13.2 Å². The molecule has 2 aromatic carbocycles. The maximum absolute atomic E-state index is 13.0. The number of alkyl halides is 3. The fourth-order valence-electron chi connectivity index (χ4n) is 4.21. The first kappa shape index (κ1) is 21.2. The number of aliphatic carboxylic acids is 1. The summed E-state index contributed by atoms with van der Waals surface area (Å²) in [6, 6.07) is 12.8. The number of carboxylic acids is 1. The Labute approximate surface area is 167 Å². The molecular weight excluding hydrogens is 383 g/mol. The van der Waals surface area contributed by atoms with Crippen molar-refractivity contribution in [2.24, 2.45) is 5.92 Å². The highest BCUT2D eigenvalue weighted by atomic mass is 19.4. The number of halogens is 3. The Kier molecular flexibility index (Phi) is 6.17. The van der Waals surface area contributed by atoms with Gasteiger partial charge in [-0.15, -0.1) is 0 Å². The Bertz CT molecular complexity index is 834. The molecule has 0 spiro atoms. The molecule has 7 heteroatoms. The molecule has 0 unspecified atom stereocenters. The smallest absolute Gasteiger partial charge is 0.416 e. The quantitative estimate of drug-likeness (QED) is 0.751. The van der Waals surface area contributed by atoms with Crippen LogP contribution in [0.2, 0.25) is 0 Å². The average molecular weight is 407 g/mol. The SMILES string of the molecule is COc1ccc(C[C@@]2(c3ccc(C(F)(F)F)cc3)CNC[C@H](CC(=O)O)C2)cc1. The summed E-state index contributed by atoms with van der Waals surface area (Å²) < 4.78 is 44.2. The second kappa shape index (κ2) is 8.45. The normalized spacial score (nSPS) is 22.3. The summed E-state index contributed by atoms with van der Waals surface area (Å²) >= 11 is 0. The molecule has 0 amide bonds. The first-order valence-electron chi connectivity index (χ1n) is 9.45. The zero-order valence-electron chi connectivity index (χ0n) is 16.1. The van der Waals surface area contributed by atoms with E-state index in [-0.39, 0.29) is 12.3 Å². The Morgan fingerprint density at radius 3 is 2.38 bits per heavy atom. The monoisotopic (exact) mass is 407 g/mol. The van der Waals surface area contributed by atoms with Crippen LogP contribution in [0, 0.1) is 5.92 Å². The van der Waals surface area contributed by atoms with Gasteiger partial charge in [0.15, 0.2) is 0 Å². The van der Waals surface area contributed by atoms with Gasteiger partial charge in [-0.2, -0.15) is 13.2 Å². The molecule has 0 aliphatic carbocycles. The molecule has 1 aliphatic rings. The third-order valence-electron chi connectivity index (χ3n) is 5.57. The van der Waals surface area contributed by atoms with Gasteiger partial charge in [0.05, 0.1) is 12.7 Å². The molecule has 1 heterocycles. The molecule has 2 N–H and O–H groups in total. The Morgan fingerprint density at radius 2 is 1.83 bits per heavy atom. The highest BCUT2D eigenvalue weighted by Gasteiger charge is 2.39. The van der Waals surface area contributed by atoms with Crippen LogP contribution in [0.5, 0.6) is 5.75 Å². The van der Waals surface area contributed by atoms with Gasteiger partial charge in [0, 0.05) is 18.4 Å². The molecule has 2 atom stereocenters. The van der Waals surface area contributed by atoms with Crippen LogP contribution >= 0.6 is 0 Å². The van der Waals surface area contributed by atoms with Crippen LogP contribution < -0.4 is 10.1 Å². The number of rotatable bonds is 6. The third-order valence-corrected chi connectivity index (χ3v) is 5.57. The van der Waals surface area contributed by atoms with Crippen molar-refractivity contribution >= 4 is 5.97 Å². The second-order valence-corrected chi connectivity index (χ2v) is 7.68. The lowest BCUT2D eigenvalue weighted by atomic mass is 9.67. The van der Waals surface area contributed by atoms with Gasteiger partial charge >= 0.3 is 12.1 Å². The van der Waals surface area contributed by atoms with E-state index < -0.39 is 23.1 Å². The molecule has 0 aromatic heterocycles. The van der Waals surface area contributed by atoms with E-state index in [4.69, 9.17) is 4.74 Å². The Morgan fingerprint density at radius 1 is 1.17 bits per heavy atom. The summed E-state index contributed by atoms with van der Waals surface area (Å²) in [6.07, 6.45) is -3.19. The minimum absolute atomic E-state index is 0.0258. The van der Waals surface area contributed by atoms with E-state index in [0.29, 0.717) is 25.9 Å². The van der Waals surface area contributed by atoms with Gasteiger partial charge in [-0.25, -0.2) is 0 Å². The van der Waals surface area contributed by atoms with Crippen molar-refractivity contribution in [1.82, 2.24) is 5.32 Å². The Balaban J connectivity index is 1.95. The van der Waals surface area contributed by atoms with Crippen LogP contribution in [-0.4, -0.2) is 31.3 Å². The summed E-state index contributed by atoms with van der Waals surface area (Å²) in [5.74, 6) is -0.242. The van der Waals surface area contributed by atoms with Gasteiger partial charge in [-0.05, 0) is 60.7 Å². The van der Waals surface area contributed by atoms with Crippen molar-refractivity contribution in [3.63, 3.8) is 0 Å². The fourth-order valence-corrected chi connectivity index (χ4v) is 4.21. The molecular formula is C22H24F3NO3. The van der Waals surface area contributed by atoms with E-state index in [1.165, 1.54) is 12.1 Å². The first-order chi connectivity index (χ1) is 13.7. The standard InChI is InChI=1S/C22H24F3NO3/c1-29-19-8-2-15(3-9-19)11-21(12-16(10-20(27)28)13-26-14-21)17-4-6-18(7-5-17)22(23,24)25/h2-9,16,26H,10-14H2,1H3,(H,27,28)/t16-,21+/m1/s1. The lowest BCUT2D eigenvalue weighted by Gasteiger charge is -2.42. The number of hydrogen-bond acceptors (Lipinski definition) is 3. The molecule has 4 nitrogen and oxygen atoms in total. The van der Waals surface area contributed by atoms with E-state index in [1.807, 2.05) is 24.3 Å². The molecule has 0 radical (unpaired) electrons. The largest absolute Gasteiger partial charge is 0.497 e. The second-order valence-electron chi connectivity index (χ2n) is 7.68. The number of ether oxygens (including phenoxy) is 1. The van der Waals surface area contributed by atoms with Crippen molar-refractivity contribution in [2.45, 2.75) is 30.9 Å². The topological polar surface area (TPSA) is 58.6 Å². The maximum atomic E-state index is 13.0. The first-order valence-corrected chi connectivity index (χ1v) is 9.45. The van der Waals surface area contributed by atoms with Gasteiger partial charge in [0.1, 0.15) is 5.75 Å². The number of nitrogens with one attached hydrogen (secondary N) is 1. The molecule has 1 aliphatic heterocycles. The van der Waals surface area contributed by atoms with Gasteiger partial charge in [0.2, 0.25) is 0 Å². The van der Waals surface area contributed by atoms with Crippen LogP contribution in [0.25, 0.3) is 0 Å². The number of carbonyl (C=O) groups is 1. The molecule has 0 saturated carbocycles. The predicted octanol–water partition coefficient (Wildman–Crippen LogP) is 4.28. The number of piperidine rings is 1. The molecule has 156 valence electrons. The summed E-state index contributed by atoms with van der Waals surface area (Å²) in [4.78, 5) is 11.2. The minimum Gasteiger partial charge on any atom is -0.497 e. The number of methoxy groups -OCH3 is 1. The molecule has 0 bridgehead atoms. The van der Waals surface area contributed by atoms with Crippen molar-refractivity contribution in [3.05, 3.63) is 65.2 Å². The lowest BCUT2D eigenvalue weighted by Crippen LogP contribution is -2.49. The number of benzene rings is 2. The highest BCUT2D eigenvalue weighted by molar-refractivity contribution is 5.67. The zero-order valence-corrected chi connectivity index (χ0v) is 16.1. The lowest BCUT2D eigenvalue weighted by molar-refractivity contribution is -0.139. The number of carboxylic acid groups (broad SMARTS) is 1. The summed E-state index contributed by atoms with van der Waals surface area (Å²) in [6.45, 7) is 1.15. The minimum atomic E-state index is -4.39. The van der Waals surface area contributed by atoms with E-state index in [9.17, 15) is 23.1 Å². The summed E-state index contributed by atoms with van der Waals surface area (Å²) in [5.41, 5.74) is 0.621. The molecule has 2 aromatic rings. The van der Waals surface area contributed by atoms with E-state index >= 15 is 0 Å². The zero-order chi connectivity index (χ0) is 21.1. The van der Waals surface area contributed by atoms with Crippen molar-refractivity contribution in [2.75, 3.05) is 20.2 Å². The summed E-state index contributed by atoms with van der Waals surface area (Å²) in [5, 5.41) is 12.5. The van der Waals surface area contributed by atoms with Gasteiger partial charge < -0.3 is 15.2 Å². The van der Waals surface area contributed by atoms with Crippen molar-refractivity contribution in [1.29, 1.82) is 0 Å². The molecule has 1 saturated heterocycles. The fraction of sp³-hybridized carbons (Fsp3) is 0.409.